The van der Waals surface area contributed by atoms with Crippen molar-refractivity contribution in [3.63, 3.8) is 0 Å². The van der Waals surface area contributed by atoms with Crippen LogP contribution in [0.3, 0.4) is 0 Å². The van der Waals surface area contributed by atoms with E-state index in [1.54, 1.807) is 0 Å². The lowest BCUT2D eigenvalue weighted by atomic mass is 9.92. The number of nitrogens with one attached hydrogen (secondary N) is 2. The number of thioether (sulfide) groups is 1. The zero-order valence-corrected chi connectivity index (χ0v) is 13.0. The van der Waals surface area contributed by atoms with E-state index in [1.165, 1.54) is 17.7 Å². The van der Waals surface area contributed by atoms with Crippen molar-refractivity contribution < 1.29 is 0 Å². The highest BCUT2D eigenvalue weighted by Gasteiger charge is 2.23. The molecule has 0 fully saturated rings. The van der Waals surface area contributed by atoms with E-state index in [0.717, 1.165) is 36.9 Å². The van der Waals surface area contributed by atoms with Crippen LogP contribution in [0.1, 0.15) is 44.0 Å². The van der Waals surface area contributed by atoms with Crippen molar-refractivity contribution >= 4 is 17.7 Å². The Kier molecular flexibility index (Phi) is 4.15. The van der Waals surface area contributed by atoms with E-state index in [-0.39, 0.29) is 0 Å². The van der Waals surface area contributed by atoms with Gasteiger partial charge in [-0.05, 0) is 30.9 Å². The smallest absolute Gasteiger partial charge is 0.191 e. The van der Waals surface area contributed by atoms with Crippen LogP contribution in [0.2, 0.25) is 0 Å². The Morgan fingerprint density at radius 2 is 2.30 bits per heavy atom. The summed E-state index contributed by atoms with van der Waals surface area (Å²) >= 11 is 1.83. The minimum absolute atomic E-state index is 0.302. The number of nitrogens with zero attached hydrogens (tertiary/aromatic N) is 2. The molecular weight excluding hydrogens is 268 g/mol. The van der Waals surface area contributed by atoms with Gasteiger partial charge in [0.1, 0.15) is 0 Å². The van der Waals surface area contributed by atoms with Gasteiger partial charge in [0.15, 0.2) is 5.96 Å². The molecule has 2 aliphatic rings. The van der Waals surface area contributed by atoms with Crippen LogP contribution >= 0.6 is 11.8 Å². The van der Waals surface area contributed by atoms with Gasteiger partial charge in [-0.1, -0.05) is 19.9 Å². The minimum atomic E-state index is 0.302. The first kappa shape index (κ1) is 13.7. The Labute approximate surface area is 124 Å². The number of hydrogen-bond donors (Lipinski definition) is 2. The van der Waals surface area contributed by atoms with Gasteiger partial charge in [0.2, 0.25) is 0 Å². The summed E-state index contributed by atoms with van der Waals surface area (Å²) in [6.07, 6.45) is 3.50. The fourth-order valence-electron chi connectivity index (χ4n) is 2.74. The molecule has 0 bridgehead atoms. The summed E-state index contributed by atoms with van der Waals surface area (Å²) in [7, 11) is 0. The lowest BCUT2D eigenvalue weighted by molar-refractivity contribution is 0.504. The average molecular weight is 290 g/mol. The van der Waals surface area contributed by atoms with Crippen molar-refractivity contribution in [2.45, 2.75) is 49.4 Å². The van der Waals surface area contributed by atoms with Crippen molar-refractivity contribution in [1.29, 1.82) is 0 Å². The number of fused-ring (bicyclic) bond motifs is 1. The van der Waals surface area contributed by atoms with Gasteiger partial charge < -0.3 is 10.6 Å². The van der Waals surface area contributed by atoms with Crippen LogP contribution in [0.25, 0.3) is 0 Å². The Hall–Kier alpha value is -1.23. The quantitative estimate of drug-likeness (QED) is 0.840. The third kappa shape index (κ3) is 3.08. The van der Waals surface area contributed by atoms with Crippen molar-refractivity contribution in [3.8, 4) is 0 Å². The second kappa shape index (κ2) is 6.04. The molecule has 0 radical (unpaired) electrons. The maximum Gasteiger partial charge on any atom is 0.191 e. The SMILES string of the molecule is CC(C)Sc1ccc2c(n1)C(NC1=NCCN1)CCC2. The molecule has 1 atom stereocenters. The predicted molar refractivity (Wildman–Crippen MR) is 84.3 cm³/mol. The average Bonchev–Trinajstić information content (AvgIpc) is 2.92. The third-order valence-electron chi connectivity index (χ3n) is 3.60. The molecule has 0 saturated carbocycles. The highest BCUT2D eigenvalue weighted by atomic mass is 32.2. The number of hydrogen-bond acceptors (Lipinski definition) is 5. The van der Waals surface area contributed by atoms with E-state index in [4.69, 9.17) is 4.98 Å². The van der Waals surface area contributed by atoms with E-state index < -0.39 is 0 Å². The first-order valence-corrected chi connectivity index (χ1v) is 8.31. The van der Waals surface area contributed by atoms with Crippen LogP contribution in [0, 0.1) is 0 Å². The highest BCUT2D eigenvalue weighted by molar-refractivity contribution is 7.99. The number of aliphatic imine (C=N–C) groups is 1. The number of aromatic nitrogens is 1. The Balaban J connectivity index is 1.81. The molecule has 0 saturated heterocycles. The molecule has 1 aliphatic heterocycles. The molecule has 1 aliphatic carbocycles. The topological polar surface area (TPSA) is 49.3 Å². The first-order chi connectivity index (χ1) is 9.72. The van der Waals surface area contributed by atoms with E-state index in [2.05, 4.69) is 41.6 Å². The van der Waals surface area contributed by atoms with Crippen LogP contribution in [0.15, 0.2) is 22.2 Å². The summed E-state index contributed by atoms with van der Waals surface area (Å²) in [5, 5.41) is 8.51. The Morgan fingerprint density at radius 1 is 1.40 bits per heavy atom. The normalized spacial score (nSPS) is 21.4. The summed E-state index contributed by atoms with van der Waals surface area (Å²) in [5.74, 6) is 0.937. The molecule has 2 N–H and O–H groups in total. The van der Waals surface area contributed by atoms with Crippen molar-refractivity contribution in [1.82, 2.24) is 15.6 Å². The van der Waals surface area contributed by atoms with Gasteiger partial charge in [-0.3, -0.25) is 4.99 Å². The molecule has 4 nitrogen and oxygen atoms in total. The summed E-state index contributed by atoms with van der Waals surface area (Å²) in [6.45, 7) is 6.23. The second-order valence-corrected chi connectivity index (χ2v) is 7.20. The second-order valence-electron chi connectivity index (χ2n) is 5.61. The molecule has 0 amide bonds. The lowest BCUT2D eigenvalue weighted by Gasteiger charge is -2.26. The summed E-state index contributed by atoms with van der Waals surface area (Å²) < 4.78 is 0. The maximum atomic E-state index is 4.89. The van der Waals surface area contributed by atoms with Gasteiger partial charge in [0, 0.05) is 11.8 Å². The van der Waals surface area contributed by atoms with Crippen molar-refractivity contribution in [2.24, 2.45) is 4.99 Å². The molecule has 0 aromatic carbocycles. The van der Waals surface area contributed by atoms with Crippen LogP contribution in [0.5, 0.6) is 0 Å². The largest absolute Gasteiger partial charge is 0.355 e. The molecule has 1 aromatic rings. The lowest BCUT2D eigenvalue weighted by Crippen LogP contribution is -2.38. The van der Waals surface area contributed by atoms with Gasteiger partial charge in [-0.2, -0.15) is 0 Å². The van der Waals surface area contributed by atoms with E-state index >= 15 is 0 Å². The van der Waals surface area contributed by atoms with E-state index in [9.17, 15) is 0 Å². The van der Waals surface area contributed by atoms with Crippen LogP contribution in [-0.2, 0) is 6.42 Å². The standard InChI is InChI=1S/C15H22N4S/c1-10(2)20-13-7-6-11-4-3-5-12(14(11)19-13)18-15-16-8-9-17-15/h6-7,10,12H,3-5,8-9H2,1-2H3,(H2,16,17,18). The van der Waals surface area contributed by atoms with Crippen molar-refractivity contribution in [2.75, 3.05) is 13.1 Å². The minimum Gasteiger partial charge on any atom is -0.355 e. The highest BCUT2D eigenvalue weighted by Crippen LogP contribution is 2.31. The van der Waals surface area contributed by atoms with E-state index in [0.29, 0.717) is 11.3 Å². The third-order valence-corrected chi connectivity index (χ3v) is 4.54. The van der Waals surface area contributed by atoms with Gasteiger partial charge >= 0.3 is 0 Å². The van der Waals surface area contributed by atoms with Crippen LogP contribution in [0.4, 0.5) is 0 Å². The van der Waals surface area contributed by atoms with Gasteiger partial charge in [-0.25, -0.2) is 4.98 Å². The molecule has 5 heteroatoms. The molecule has 20 heavy (non-hydrogen) atoms. The summed E-state index contributed by atoms with van der Waals surface area (Å²) in [5.41, 5.74) is 2.61. The summed E-state index contributed by atoms with van der Waals surface area (Å²) in [6, 6.07) is 4.72. The monoisotopic (exact) mass is 290 g/mol. The number of pyridine rings is 1. The van der Waals surface area contributed by atoms with Gasteiger partial charge in [-0.15, -0.1) is 11.8 Å². The Bertz CT molecular complexity index is 513. The molecule has 3 rings (SSSR count). The Morgan fingerprint density at radius 3 is 3.05 bits per heavy atom. The van der Waals surface area contributed by atoms with Crippen LogP contribution < -0.4 is 10.6 Å². The van der Waals surface area contributed by atoms with Gasteiger partial charge in [0.05, 0.1) is 23.3 Å². The van der Waals surface area contributed by atoms with Gasteiger partial charge in [0.25, 0.3) is 0 Å². The molecule has 2 heterocycles. The summed E-state index contributed by atoms with van der Waals surface area (Å²) in [4.78, 5) is 9.33. The zero-order chi connectivity index (χ0) is 13.9. The fourth-order valence-corrected chi connectivity index (χ4v) is 3.52. The number of rotatable bonds is 3. The maximum absolute atomic E-state index is 4.89. The molecular formula is C15H22N4S. The zero-order valence-electron chi connectivity index (χ0n) is 12.1. The van der Waals surface area contributed by atoms with E-state index in [1.807, 2.05) is 11.8 Å². The number of guanidine groups is 1. The predicted octanol–water partition coefficient (Wildman–Crippen LogP) is 2.51. The number of aryl methyl sites for hydroxylation is 1. The fraction of sp³-hybridized carbons (Fsp3) is 0.600. The first-order valence-electron chi connectivity index (χ1n) is 7.43. The molecule has 1 aromatic heterocycles. The van der Waals surface area contributed by atoms with Crippen molar-refractivity contribution in [3.05, 3.63) is 23.4 Å². The molecule has 108 valence electrons. The van der Waals surface area contributed by atoms with Crippen LogP contribution in [-0.4, -0.2) is 29.3 Å². The molecule has 1 unspecified atom stereocenters. The molecule has 0 spiro atoms.